The van der Waals surface area contributed by atoms with E-state index in [4.69, 9.17) is 15.7 Å². The number of carbonyl (C=O) groups excluding carboxylic acids is 2. The van der Waals surface area contributed by atoms with E-state index in [2.05, 4.69) is 11.4 Å². The van der Waals surface area contributed by atoms with E-state index in [0.29, 0.717) is 11.3 Å². The summed E-state index contributed by atoms with van der Waals surface area (Å²) in [7, 11) is 0. The number of primary amides is 1. The van der Waals surface area contributed by atoms with Crippen molar-refractivity contribution >= 4 is 11.8 Å². The average molecular weight is 289 g/mol. The number of benzene rings is 1. The van der Waals surface area contributed by atoms with Gasteiger partial charge >= 0.3 is 0 Å². The lowest BCUT2D eigenvalue weighted by Gasteiger charge is -2.27. The van der Waals surface area contributed by atoms with Crippen molar-refractivity contribution in [3.8, 4) is 11.8 Å². The highest BCUT2D eigenvalue weighted by Crippen LogP contribution is 2.15. The highest BCUT2D eigenvalue weighted by Gasteiger charge is 2.29. The van der Waals surface area contributed by atoms with Crippen molar-refractivity contribution < 1.29 is 14.3 Å². The summed E-state index contributed by atoms with van der Waals surface area (Å²) in [5.41, 5.74) is 4.55. The normalized spacial score (nSPS) is 13.1. The topological polar surface area (TPSA) is 105 Å². The zero-order valence-corrected chi connectivity index (χ0v) is 12.3. The summed E-state index contributed by atoms with van der Waals surface area (Å²) in [4.78, 5) is 22.7. The maximum atomic E-state index is 11.8. The molecule has 0 aliphatic heterocycles. The maximum absolute atomic E-state index is 11.8. The van der Waals surface area contributed by atoms with Gasteiger partial charge in [-0.3, -0.25) is 9.59 Å². The van der Waals surface area contributed by atoms with Gasteiger partial charge < -0.3 is 15.8 Å². The molecule has 0 radical (unpaired) electrons. The van der Waals surface area contributed by atoms with Crippen molar-refractivity contribution in [2.75, 3.05) is 6.61 Å². The fraction of sp³-hybridized carbons (Fsp3) is 0.400. The lowest BCUT2D eigenvalue weighted by Crippen LogP contribution is -2.50. The Bertz CT molecular complexity index is 561. The molecule has 3 N–H and O–H groups in total. The lowest BCUT2D eigenvalue weighted by atomic mass is 9.90. The molecule has 0 spiro atoms. The molecule has 0 aromatic heterocycles. The fourth-order valence-corrected chi connectivity index (χ4v) is 1.49. The highest BCUT2D eigenvalue weighted by atomic mass is 16.5. The number of carbonyl (C=O) groups is 2. The first-order chi connectivity index (χ1) is 9.78. The van der Waals surface area contributed by atoms with E-state index >= 15 is 0 Å². The van der Waals surface area contributed by atoms with Crippen LogP contribution in [0.1, 0.15) is 31.1 Å². The molecule has 1 rings (SSSR count). The number of ether oxygens (including phenoxy) is 1. The van der Waals surface area contributed by atoms with Crippen LogP contribution in [0.3, 0.4) is 0 Å². The number of nitrogens with two attached hydrogens (primary N) is 1. The number of nitriles is 1. The number of rotatable bonds is 6. The standard InChI is InChI=1S/C15H19N3O3/c1-10(2)15(3,9-16)18-13(19)8-21-12-6-4-11(5-7-12)14(17)20/h4-7,10H,8H2,1-3H3,(H2,17,20)(H,18,19)/t15-/m0/s1. The predicted molar refractivity (Wildman–Crippen MR) is 77.5 cm³/mol. The zero-order valence-electron chi connectivity index (χ0n) is 12.3. The predicted octanol–water partition coefficient (Wildman–Crippen LogP) is 1.22. The van der Waals surface area contributed by atoms with Crippen LogP contribution >= 0.6 is 0 Å². The van der Waals surface area contributed by atoms with Crippen LogP contribution in [-0.2, 0) is 4.79 Å². The third-order valence-corrected chi connectivity index (χ3v) is 3.29. The van der Waals surface area contributed by atoms with Crippen LogP contribution in [0, 0.1) is 17.2 Å². The lowest BCUT2D eigenvalue weighted by molar-refractivity contribution is -0.124. The van der Waals surface area contributed by atoms with Crippen LogP contribution in [0.4, 0.5) is 0 Å². The van der Waals surface area contributed by atoms with E-state index in [-0.39, 0.29) is 18.4 Å². The van der Waals surface area contributed by atoms with Crippen LogP contribution < -0.4 is 15.8 Å². The summed E-state index contributed by atoms with van der Waals surface area (Å²) < 4.78 is 5.30. The minimum atomic E-state index is -0.934. The summed E-state index contributed by atoms with van der Waals surface area (Å²) in [5, 5.41) is 11.8. The number of hydrogen-bond donors (Lipinski definition) is 2. The van der Waals surface area contributed by atoms with Gasteiger partial charge in [0.15, 0.2) is 6.61 Å². The molecule has 0 unspecified atom stereocenters. The van der Waals surface area contributed by atoms with Crippen LogP contribution in [0.25, 0.3) is 0 Å². The first-order valence-electron chi connectivity index (χ1n) is 6.53. The van der Waals surface area contributed by atoms with Gasteiger partial charge in [-0.25, -0.2) is 0 Å². The van der Waals surface area contributed by atoms with Gasteiger partial charge in [-0.15, -0.1) is 0 Å². The molecular formula is C15H19N3O3. The smallest absolute Gasteiger partial charge is 0.259 e. The first-order valence-corrected chi connectivity index (χ1v) is 6.53. The van der Waals surface area contributed by atoms with E-state index in [1.165, 1.54) is 12.1 Å². The fourth-order valence-electron chi connectivity index (χ4n) is 1.49. The Kier molecular flexibility index (Phi) is 5.30. The van der Waals surface area contributed by atoms with E-state index in [1.807, 2.05) is 13.8 Å². The molecule has 0 aliphatic carbocycles. The van der Waals surface area contributed by atoms with Crippen LogP contribution in [0.15, 0.2) is 24.3 Å². The number of nitrogens with zero attached hydrogens (tertiary/aromatic N) is 1. The second kappa shape index (κ2) is 6.75. The molecule has 2 amide bonds. The van der Waals surface area contributed by atoms with Gasteiger partial charge in [-0.1, -0.05) is 13.8 Å². The van der Waals surface area contributed by atoms with E-state index in [1.54, 1.807) is 19.1 Å². The van der Waals surface area contributed by atoms with Crippen molar-refractivity contribution in [1.82, 2.24) is 5.32 Å². The molecule has 6 heteroatoms. The van der Waals surface area contributed by atoms with Crippen molar-refractivity contribution in [1.29, 1.82) is 5.26 Å². The molecule has 6 nitrogen and oxygen atoms in total. The van der Waals surface area contributed by atoms with Gasteiger partial charge in [0.05, 0.1) is 6.07 Å². The van der Waals surface area contributed by atoms with Gasteiger partial charge in [-0.05, 0) is 37.1 Å². The molecule has 112 valence electrons. The van der Waals surface area contributed by atoms with Gasteiger partial charge in [0.1, 0.15) is 11.3 Å². The van der Waals surface area contributed by atoms with Crippen molar-refractivity contribution in [3.05, 3.63) is 29.8 Å². The van der Waals surface area contributed by atoms with Crippen LogP contribution in [0.2, 0.25) is 0 Å². The molecule has 0 heterocycles. The SMILES string of the molecule is CC(C)[C@](C)(C#N)NC(=O)COc1ccc(C(N)=O)cc1. The largest absolute Gasteiger partial charge is 0.484 e. The zero-order chi connectivity index (χ0) is 16.0. The van der Waals surface area contributed by atoms with Crippen molar-refractivity contribution in [2.24, 2.45) is 11.7 Å². The minimum absolute atomic E-state index is 0.0266. The van der Waals surface area contributed by atoms with Gasteiger partial charge in [0.2, 0.25) is 5.91 Å². The Balaban J connectivity index is 2.57. The molecule has 21 heavy (non-hydrogen) atoms. The maximum Gasteiger partial charge on any atom is 0.259 e. The third-order valence-electron chi connectivity index (χ3n) is 3.29. The van der Waals surface area contributed by atoms with E-state index in [9.17, 15) is 9.59 Å². The molecule has 1 aromatic rings. The quantitative estimate of drug-likeness (QED) is 0.821. The molecule has 0 bridgehead atoms. The Morgan fingerprint density at radius 2 is 1.95 bits per heavy atom. The molecule has 0 fully saturated rings. The minimum Gasteiger partial charge on any atom is -0.484 e. The van der Waals surface area contributed by atoms with Crippen LogP contribution in [-0.4, -0.2) is 24.0 Å². The van der Waals surface area contributed by atoms with E-state index in [0.717, 1.165) is 0 Å². The highest BCUT2D eigenvalue weighted by molar-refractivity contribution is 5.92. The Hall–Kier alpha value is -2.55. The summed E-state index contributed by atoms with van der Waals surface area (Å²) >= 11 is 0. The monoisotopic (exact) mass is 289 g/mol. The molecular weight excluding hydrogens is 270 g/mol. The summed E-state index contributed by atoms with van der Waals surface area (Å²) in [6.45, 7) is 5.16. The number of nitrogens with one attached hydrogen (secondary N) is 1. The van der Waals surface area contributed by atoms with Crippen LogP contribution in [0.5, 0.6) is 5.75 Å². The van der Waals surface area contributed by atoms with Gasteiger partial charge in [0, 0.05) is 5.56 Å². The van der Waals surface area contributed by atoms with Gasteiger partial charge in [-0.2, -0.15) is 5.26 Å². The van der Waals surface area contributed by atoms with Crippen molar-refractivity contribution in [3.63, 3.8) is 0 Å². The second-order valence-electron chi connectivity index (χ2n) is 5.19. The summed E-state index contributed by atoms with van der Waals surface area (Å²) in [5.74, 6) is -0.493. The van der Waals surface area contributed by atoms with E-state index < -0.39 is 11.4 Å². The van der Waals surface area contributed by atoms with Crippen molar-refractivity contribution in [2.45, 2.75) is 26.3 Å². The Labute approximate surface area is 123 Å². The summed E-state index contributed by atoms with van der Waals surface area (Å²) in [6.07, 6.45) is 0. The molecule has 0 saturated carbocycles. The number of hydrogen-bond acceptors (Lipinski definition) is 4. The third kappa shape index (κ3) is 4.49. The number of amides is 2. The molecule has 1 atom stereocenters. The Morgan fingerprint density at radius 3 is 2.38 bits per heavy atom. The Morgan fingerprint density at radius 1 is 1.38 bits per heavy atom. The molecule has 0 saturated heterocycles. The van der Waals surface area contributed by atoms with Gasteiger partial charge in [0.25, 0.3) is 5.91 Å². The average Bonchev–Trinajstić information content (AvgIpc) is 2.45. The molecule has 1 aromatic carbocycles. The first kappa shape index (κ1) is 16.5. The summed E-state index contributed by atoms with van der Waals surface area (Å²) in [6, 6.07) is 8.23. The second-order valence-corrected chi connectivity index (χ2v) is 5.19. The molecule has 0 aliphatic rings.